The average Bonchev–Trinajstić information content (AvgIpc) is 2.56. The lowest BCUT2D eigenvalue weighted by Crippen LogP contribution is -2.12. The first-order valence-corrected chi connectivity index (χ1v) is 7.29. The second-order valence-electron chi connectivity index (χ2n) is 4.98. The maximum Gasteiger partial charge on any atom is 0.302 e. The molecule has 2 rings (SSSR count). The maximum atomic E-state index is 10.7. The van der Waals surface area contributed by atoms with Crippen LogP contribution in [0.1, 0.15) is 18.1 Å². The van der Waals surface area contributed by atoms with Gasteiger partial charge in [-0.25, -0.2) is 4.99 Å². The Kier molecular flexibility index (Phi) is 5.74. The van der Waals surface area contributed by atoms with Gasteiger partial charge in [0, 0.05) is 18.9 Å². The minimum atomic E-state index is -0.265. The lowest BCUT2D eigenvalue weighted by atomic mass is 10.1. The number of carbonyl (C=O) groups is 1. The van der Waals surface area contributed by atoms with E-state index in [-0.39, 0.29) is 5.97 Å². The third-order valence-corrected chi connectivity index (χ3v) is 3.27. The van der Waals surface area contributed by atoms with Crippen molar-refractivity contribution >= 4 is 17.5 Å². The predicted molar refractivity (Wildman–Crippen MR) is 90.2 cm³/mol. The molecular weight excluding hydrogens is 292 g/mol. The lowest BCUT2D eigenvalue weighted by Gasteiger charge is -2.05. The van der Waals surface area contributed by atoms with Crippen molar-refractivity contribution in [1.82, 2.24) is 0 Å². The Bertz CT molecular complexity index is 676. The SMILES string of the molecule is COc1ccc(C(N)=Nc2ccc(CCOC(C)=O)cc2)cc1. The van der Waals surface area contributed by atoms with E-state index in [1.165, 1.54) is 6.92 Å². The summed E-state index contributed by atoms with van der Waals surface area (Å²) in [4.78, 5) is 15.1. The van der Waals surface area contributed by atoms with Crippen LogP contribution in [0.2, 0.25) is 0 Å². The Hall–Kier alpha value is -2.82. The molecule has 0 heterocycles. The van der Waals surface area contributed by atoms with Crippen LogP contribution in [0.4, 0.5) is 5.69 Å². The summed E-state index contributed by atoms with van der Waals surface area (Å²) < 4.78 is 10.0. The van der Waals surface area contributed by atoms with Crippen LogP contribution in [0.25, 0.3) is 0 Å². The van der Waals surface area contributed by atoms with Crippen molar-refractivity contribution in [3.05, 3.63) is 59.7 Å². The number of nitrogens with two attached hydrogens (primary N) is 1. The van der Waals surface area contributed by atoms with E-state index < -0.39 is 0 Å². The smallest absolute Gasteiger partial charge is 0.302 e. The molecule has 0 atom stereocenters. The van der Waals surface area contributed by atoms with E-state index in [1.54, 1.807) is 7.11 Å². The summed E-state index contributed by atoms with van der Waals surface area (Å²) in [6.07, 6.45) is 0.678. The minimum Gasteiger partial charge on any atom is -0.497 e. The molecule has 0 aliphatic heterocycles. The predicted octanol–water partition coefficient (Wildman–Crippen LogP) is 2.84. The molecule has 0 aromatic heterocycles. The molecule has 0 amide bonds. The molecule has 2 aromatic rings. The van der Waals surface area contributed by atoms with Crippen molar-refractivity contribution in [1.29, 1.82) is 0 Å². The number of amidine groups is 1. The van der Waals surface area contributed by atoms with E-state index in [0.717, 1.165) is 22.6 Å². The average molecular weight is 312 g/mol. The third kappa shape index (κ3) is 5.14. The van der Waals surface area contributed by atoms with Gasteiger partial charge in [-0.05, 0) is 42.0 Å². The zero-order valence-corrected chi connectivity index (χ0v) is 13.3. The summed E-state index contributed by atoms with van der Waals surface area (Å²) >= 11 is 0. The number of esters is 1. The molecule has 0 fully saturated rings. The molecule has 5 heteroatoms. The molecule has 0 aliphatic carbocycles. The summed E-state index contributed by atoms with van der Waals surface area (Å²) in [6.45, 7) is 1.78. The number of hydrogen-bond donors (Lipinski definition) is 1. The summed E-state index contributed by atoms with van der Waals surface area (Å²) in [5, 5.41) is 0. The van der Waals surface area contributed by atoms with Gasteiger partial charge in [0.2, 0.25) is 0 Å². The number of benzene rings is 2. The number of methoxy groups -OCH3 is 1. The van der Waals surface area contributed by atoms with Crippen LogP contribution in [0, 0.1) is 0 Å². The van der Waals surface area contributed by atoms with Gasteiger partial charge < -0.3 is 15.2 Å². The third-order valence-electron chi connectivity index (χ3n) is 3.27. The zero-order chi connectivity index (χ0) is 16.7. The van der Waals surface area contributed by atoms with Gasteiger partial charge in [0.15, 0.2) is 0 Å². The Morgan fingerprint density at radius 2 is 1.74 bits per heavy atom. The van der Waals surface area contributed by atoms with Crippen LogP contribution in [0.15, 0.2) is 53.5 Å². The molecular formula is C18H20N2O3. The van der Waals surface area contributed by atoms with Gasteiger partial charge in [-0.3, -0.25) is 4.79 Å². The van der Waals surface area contributed by atoms with Crippen molar-refractivity contribution in [2.75, 3.05) is 13.7 Å². The largest absolute Gasteiger partial charge is 0.497 e. The van der Waals surface area contributed by atoms with E-state index in [4.69, 9.17) is 15.2 Å². The fourth-order valence-corrected chi connectivity index (χ4v) is 2.02. The van der Waals surface area contributed by atoms with Crippen molar-refractivity contribution in [2.45, 2.75) is 13.3 Å². The van der Waals surface area contributed by atoms with Gasteiger partial charge >= 0.3 is 5.97 Å². The van der Waals surface area contributed by atoms with Crippen molar-refractivity contribution in [3.8, 4) is 5.75 Å². The van der Waals surface area contributed by atoms with Gasteiger partial charge in [0.25, 0.3) is 0 Å². The highest BCUT2D eigenvalue weighted by atomic mass is 16.5. The number of rotatable bonds is 6. The Morgan fingerprint density at radius 3 is 2.30 bits per heavy atom. The monoisotopic (exact) mass is 312 g/mol. The molecule has 0 radical (unpaired) electrons. The normalized spacial score (nSPS) is 11.1. The van der Waals surface area contributed by atoms with E-state index in [2.05, 4.69) is 4.99 Å². The van der Waals surface area contributed by atoms with Crippen LogP contribution < -0.4 is 10.5 Å². The van der Waals surface area contributed by atoms with Gasteiger partial charge in [-0.15, -0.1) is 0 Å². The zero-order valence-electron chi connectivity index (χ0n) is 13.3. The number of hydrogen-bond acceptors (Lipinski definition) is 4. The summed E-state index contributed by atoms with van der Waals surface area (Å²) in [6, 6.07) is 15.1. The van der Waals surface area contributed by atoms with E-state index in [0.29, 0.717) is 18.9 Å². The lowest BCUT2D eigenvalue weighted by molar-refractivity contribution is -0.140. The summed E-state index contributed by atoms with van der Waals surface area (Å²) in [7, 11) is 1.62. The minimum absolute atomic E-state index is 0.265. The summed E-state index contributed by atoms with van der Waals surface area (Å²) in [5.74, 6) is 0.956. The first-order valence-electron chi connectivity index (χ1n) is 7.29. The van der Waals surface area contributed by atoms with Crippen LogP contribution in [-0.2, 0) is 16.0 Å². The highest BCUT2D eigenvalue weighted by molar-refractivity contribution is 5.99. The van der Waals surface area contributed by atoms with E-state index in [1.807, 2.05) is 48.5 Å². The fourth-order valence-electron chi connectivity index (χ4n) is 2.02. The number of aliphatic imine (C=N–C) groups is 1. The molecule has 0 saturated carbocycles. The summed E-state index contributed by atoms with van der Waals surface area (Å²) in [5.41, 5.74) is 8.71. The molecule has 2 N–H and O–H groups in total. The van der Waals surface area contributed by atoms with Crippen LogP contribution in [0.3, 0.4) is 0 Å². The molecule has 120 valence electrons. The topological polar surface area (TPSA) is 73.9 Å². The van der Waals surface area contributed by atoms with E-state index in [9.17, 15) is 4.79 Å². The maximum absolute atomic E-state index is 10.7. The molecule has 2 aromatic carbocycles. The van der Waals surface area contributed by atoms with Crippen molar-refractivity contribution in [3.63, 3.8) is 0 Å². The molecule has 0 spiro atoms. The second-order valence-corrected chi connectivity index (χ2v) is 4.98. The van der Waals surface area contributed by atoms with Gasteiger partial charge in [-0.2, -0.15) is 0 Å². The van der Waals surface area contributed by atoms with Gasteiger partial charge in [-0.1, -0.05) is 12.1 Å². The molecule has 0 unspecified atom stereocenters. The first kappa shape index (κ1) is 16.5. The Labute approximate surface area is 135 Å². The Morgan fingerprint density at radius 1 is 1.09 bits per heavy atom. The number of ether oxygens (including phenoxy) is 2. The van der Waals surface area contributed by atoms with Crippen molar-refractivity contribution < 1.29 is 14.3 Å². The highest BCUT2D eigenvalue weighted by Gasteiger charge is 2.01. The standard InChI is InChI=1S/C18H20N2O3/c1-13(21)23-12-11-14-3-7-16(8-4-14)20-18(19)15-5-9-17(22-2)10-6-15/h3-10H,11-12H2,1-2H3,(H2,19,20). The van der Waals surface area contributed by atoms with Crippen molar-refractivity contribution in [2.24, 2.45) is 10.7 Å². The number of nitrogens with zero attached hydrogens (tertiary/aromatic N) is 1. The number of carbonyl (C=O) groups excluding carboxylic acids is 1. The first-order chi connectivity index (χ1) is 11.1. The molecule has 23 heavy (non-hydrogen) atoms. The molecule has 0 saturated heterocycles. The quantitative estimate of drug-likeness (QED) is 0.505. The van der Waals surface area contributed by atoms with Crippen LogP contribution in [-0.4, -0.2) is 25.5 Å². The molecule has 5 nitrogen and oxygen atoms in total. The van der Waals surface area contributed by atoms with Crippen LogP contribution in [0.5, 0.6) is 5.75 Å². The Balaban J connectivity index is 2.01. The molecule has 0 bridgehead atoms. The fraction of sp³-hybridized carbons (Fsp3) is 0.222. The van der Waals surface area contributed by atoms with Gasteiger partial charge in [0.05, 0.1) is 19.4 Å². The van der Waals surface area contributed by atoms with Gasteiger partial charge in [0.1, 0.15) is 11.6 Å². The second kappa shape index (κ2) is 7.98. The van der Waals surface area contributed by atoms with E-state index >= 15 is 0 Å². The highest BCUT2D eigenvalue weighted by Crippen LogP contribution is 2.16. The molecule has 0 aliphatic rings. The van der Waals surface area contributed by atoms with Crippen LogP contribution >= 0.6 is 0 Å².